The van der Waals surface area contributed by atoms with Gasteiger partial charge in [0.05, 0.1) is 11.2 Å². The molecule has 2 N–H and O–H groups in total. The summed E-state index contributed by atoms with van der Waals surface area (Å²) in [4.78, 5) is 16.4. The third kappa shape index (κ3) is 6.80. The van der Waals surface area contributed by atoms with Gasteiger partial charge in [-0.3, -0.25) is 4.79 Å². The van der Waals surface area contributed by atoms with Crippen molar-refractivity contribution in [2.24, 2.45) is 0 Å². The first-order valence-corrected chi connectivity index (χ1v) is 8.77. The van der Waals surface area contributed by atoms with Crippen molar-refractivity contribution in [3.8, 4) is 0 Å². The normalized spacial score (nSPS) is 16.2. The summed E-state index contributed by atoms with van der Waals surface area (Å²) in [6.45, 7) is 13.1. The first-order valence-electron chi connectivity index (χ1n) is 8.77. The molecule has 0 aromatic heterocycles. The Morgan fingerprint density at radius 3 is 1.80 bits per heavy atom. The quantitative estimate of drug-likeness (QED) is 0.795. The number of benzene rings is 1. The van der Waals surface area contributed by atoms with Crippen molar-refractivity contribution in [2.45, 2.75) is 45.8 Å². The third-order valence-electron chi connectivity index (χ3n) is 4.76. The fourth-order valence-electron chi connectivity index (χ4n) is 2.08. The zero-order valence-corrected chi connectivity index (χ0v) is 16.1. The maximum atomic E-state index is 12.2. The largest absolute Gasteiger partial charge is 0.387 e. The van der Waals surface area contributed by atoms with Crippen molar-refractivity contribution in [3.05, 3.63) is 29.8 Å². The highest BCUT2D eigenvalue weighted by molar-refractivity contribution is 6.32. The number of hydrogen-bond acceptors (Lipinski definition) is 4. The first-order chi connectivity index (χ1) is 11.5. The Morgan fingerprint density at radius 1 is 1.00 bits per heavy atom. The highest BCUT2D eigenvalue weighted by Gasteiger charge is 2.31. The molecule has 1 amide bonds. The van der Waals surface area contributed by atoms with Crippen molar-refractivity contribution >= 4 is 19.2 Å². The second-order valence-corrected chi connectivity index (χ2v) is 7.47. The summed E-state index contributed by atoms with van der Waals surface area (Å²) >= 11 is 0. The number of nitrogens with zero attached hydrogens (tertiary/aromatic N) is 2. The number of hydrogen-bond donors (Lipinski definition) is 2. The Kier molecular flexibility index (Phi) is 7.66. The number of likely N-dealkylation sites (N-methyl/N-ethyl adjacent to an activating group) is 1. The molecule has 1 aliphatic rings. The van der Waals surface area contributed by atoms with Crippen LogP contribution in [0.4, 0.5) is 0 Å². The van der Waals surface area contributed by atoms with Gasteiger partial charge in [0.25, 0.3) is 5.91 Å². The van der Waals surface area contributed by atoms with E-state index in [1.807, 2.05) is 4.90 Å². The molecule has 138 valence electrons. The van der Waals surface area contributed by atoms with E-state index in [-0.39, 0.29) is 5.91 Å². The molecule has 1 aliphatic heterocycles. The smallest absolute Gasteiger partial charge is 0.253 e. The summed E-state index contributed by atoms with van der Waals surface area (Å²) < 4.78 is 0. The van der Waals surface area contributed by atoms with Crippen LogP contribution in [0.5, 0.6) is 0 Å². The molecule has 6 heteroatoms. The van der Waals surface area contributed by atoms with Gasteiger partial charge in [-0.25, -0.2) is 0 Å². The standard InChI is InChI=1S/C13H17BN2O.C6H14O2/c1-2-15-7-9-16(10-8-15)13(17)11-3-5-12(14)6-4-11;1-5(2,7)6(3,4)8/h3-6H,2,7-10H2,1H3;7-8H,1-4H3. The summed E-state index contributed by atoms with van der Waals surface area (Å²) in [6, 6.07) is 7.14. The van der Waals surface area contributed by atoms with Crippen molar-refractivity contribution in [1.82, 2.24) is 9.80 Å². The zero-order chi connectivity index (χ0) is 19.3. The van der Waals surface area contributed by atoms with Gasteiger partial charge in [-0.1, -0.05) is 36.7 Å². The van der Waals surface area contributed by atoms with Gasteiger partial charge < -0.3 is 20.0 Å². The maximum Gasteiger partial charge on any atom is 0.253 e. The van der Waals surface area contributed by atoms with Crippen LogP contribution in [0.15, 0.2) is 24.3 Å². The van der Waals surface area contributed by atoms with E-state index in [1.165, 1.54) is 0 Å². The summed E-state index contributed by atoms with van der Waals surface area (Å²) in [6.07, 6.45) is 0. The number of amides is 1. The zero-order valence-electron chi connectivity index (χ0n) is 16.1. The summed E-state index contributed by atoms with van der Waals surface area (Å²) in [5.74, 6) is 0.112. The van der Waals surface area contributed by atoms with E-state index < -0.39 is 11.2 Å². The molecule has 0 saturated carbocycles. The maximum absolute atomic E-state index is 12.2. The number of aliphatic hydroxyl groups is 2. The summed E-state index contributed by atoms with van der Waals surface area (Å²) in [5.41, 5.74) is -0.596. The number of carbonyl (C=O) groups is 1. The molecule has 1 fully saturated rings. The Labute approximate surface area is 153 Å². The third-order valence-corrected chi connectivity index (χ3v) is 4.76. The lowest BCUT2D eigenvalue weighted by atomic mass is 9.90. The Morgan fingerprint density at radius 2 is 1.44 bits per heavy atom. The van der Waals surface area contributed by atoms with E-state index in [1.54, 1.807) is 52.0 Å². The number of rotatable bonds is 3. The molecule has 1 saturated heterocycles. The minimum absolute atomic E-state index is 0.112. The van der Waals surface area contributed by atoms with Crippen molar-refractivity contribution in [2.75, 3.05) is 32.7 Å². The molecule has 5 nitrogen and oxygen atoms in total. The Hall–Kier alpha value is -1.37. The van der Waals surface area contributed by atoms with Crippen LogP contribution in [-0.4, -0.2) is 77.7 Å². The number of piperazine rings is 1. The second kappa shape index (κ2) is 8.83. The molecule has 0 atom stereocenters. The summed E-state index contributed by atoms with van der Waals surface area (Å²) in [5, 5.41) is 18.2. The minimum atomic E-state index is -1.01. The van der Waals surface area contributed by atoms with Gasteiger partial charge >= 0.3 is 0 Å². The van der Waals surface area contributed by atoms with Gasteiger partial charge in [0, 0.05) is 31.7 Å². The van der Waals surface area contributed by atoms with Crippen molar-refractivity contribution < 1.29 is 15.0 Å². The van der Waals surface area contributed by atoms with Gasteiger partial charge in [-0.2, -0.15) is 0 Å². The van der Waals surface area contributed by atoms with E-state index in [9.17, 15) is 4.79 Å². The average molecular weight is 346 g/mol. The molecule has 0 aliphatic carbocycles. The van der Waals surface area contributed by atoms with Crippen molar-refractivity contribution in [3.63, 3.8) is 0 Å². The van der Waals surface area contributed by atoms with E-state index in [0.29, 0.717) is 5.46 Å². The molecule has 25 heavy (non-hydrogen) atoms. The van der Waals surface area contributed by atoms with Gasteiger partial charge in [0.1, 0.15) is 7.85 Å². The average Bonchev–Trinajstić information content (AvgIpc) is 2.54. The van der Waals surface area contributed by atoms with E-state index in [2.05, 4.69) is 11.8 Å². The van der Waals surface area contributed by atoms with E-state index >= 15 is 0 Å². The minimum Gasteiger partial charge on any atom is -0.387 e. The SMILES string of the molecule is CC(C)(O)C(C)(C)O.[B]c1ccc(C(=O)N2CCN(CC)CC2)cc1. The lowest BCUT2D eigenvalue weighted by Gasteiger charge is -2.34. The molecule has 0 spiro atoms. The van der Waals surface area contributed by atoms with E-state index in [4.69, 9.17) is 18.1 Å². The second-order valence-electron chi connectivity index (χ2n) is 7.47. The Balaban J connectivity index is 0.000000333. The first kappa shape index (κ1) is 21.7. The van der Waals surface area contributed by atoms with Crippen LogP contribution in [0.2, 0.25) is 0 Å². The molecule has 2 radical (unpaired) electrons. The lowest BCUT2D eigenvalue weighted by Crippen LogP contribution is -2.48. The van der Waals surface area contributed by atoms with Crippen LogP contribution in [0.1, 0.15) is 45.0 Å². The van der Waals surface area contributed by atoms with Gasteiger partial charge in [0.2, 0.25) is 0 Å². The fraction of sp³-hybridized carbons (Fsp3) is 0.632. The molecule has 0 unspecified atom stereocenters. The van der Waals surface area contributed by atoms with Gasteiger partial charge in [-0.15, -0.1) is 0 Å². The molecule has 0 bridgehead atoms. The molecule has 1 aromatic rings. The predicted octanol–water partition coefficient (Wildman–Crippen LogP) is 0.786. The monoisotopic (exact) mass is 346 g/mol. The topological polar surface area (TPSA) is 64.0 Å². The Bertz CT molecular complexity index is 527. The van der Waals surface area contributed by atoms with Crippen LogP contribution < -0.4 is 5.46 Å². The van der Waals surface area contributed by atoms with Gasteiger partial charge in [-0.05, 0) is 34.2 Å². The van der Waals surface area contributed by atoms with Crippen LogP contribution in [0, 0.1) is 0 Å². The highest BCUT2D eigenvalue weighted by Crippen LogP contribution is 2.19. The van der Waals surface area contributed by atoms with Crippen molar-refractivity contribution in [1.29, 1.82) is 0 Å². The lowest BCUT2D eigenvalue weighted by molar-refractivity contribution is -0.107. The fourth-order valence-corrected chi connectivity index (χ4v) is 2.08. The molecular weight excluding hydrogens is 315 g/mol. The van der Waals surface area contributed by atoms with Crippen LogP contribution in [0.3, 0.4) is 0 Å². The predicted molar refractivity (Wildman–Crippen MR) is 102 cm³/mol. The van der Waals surface area contributed by atoms with Crippen LogP contribution in [0.25, 0.3) is 0 Å². The number of carbonyl (C=O) groups excluding carboxylic acids is 1. The highest BCUT2D eigenvalue weighted by atomic mass is 16.3. The molecule has 1 aromatic carbocycles. The van der Waals surface area contributed by atoms with Crippen LogP contribution in [-0.2, 0) is 0 Å². The molecule has 1 heterocycles. The van der Waals surface area contributed by atoms with E-state index in [0.717, 1.165) is 38.3 Å². The van der Waals surface area contributed by atoms with Gasteiger partial charge in [0.15, 0.2) is 0 Å². The van der Waals surface area contributed by atoms with Crippen LogP contribution >= 0.6 is 0 Å². The molecular formula is C19H31BN2O3. The molecule has 2 rings (SSSR count). The summed E-state index contributed by atoms with van der Waals surface area (Å²) in [7, 11) is 5.61.